The van der Waals surface area contributed by atoms with Gasteiger partial charge in [-0.3, -0.25) is 4.79 Å². The quantitative estimate of drug-likeness (QED) is 0.905. The van der Waals surface area contributed by atoms with Crippen molar-refractivity contribution in [3.05, 3.63) is 33.8 Å². The van der Waals surface area contributed by atoms with Crippen LogP contribution in [-0.2, 0) is 11.3 Å². The lowest BCUT2D eigenvalue weighted by Crippen LogP contribution is -2.53. The van der Waals surface area contributed by atoms with Gasteiger partial charge in [-0.2, -0.15) is 0 Å². The first-order chi connectivity index (χ1) is 8.84. The smallest absolute Gasteiger partial charge is 0.242 e. The SMILES string of the molecule is CCC(N)(CC)C(=O)N(C)Cc1ccc(Cl)c(Cl)c1. The Morgan fingerprint density at radius 1 is 1.26 bits per heavy atom. The first-order valence-corrected chi connectivity index (χ1v) is 7.08. The second-order valence-electron chi connectivity index (χ2n) is 4.77. The highest BCUT2D eigenvalue weighted by Crippen LogP contribution is 2.23. The van der Waals surface area contributed by atoms with Gasteiger partial charge in [-0.05, 0) is 30.5 Å². The minimum Gasteiger partial charge on any atom is -0.340 e. The van der Waals surface area contributed by atoms with Crippen LogP contribution in [0.1, 0.15) is 32.3 Å². The summed E-state index contributed by atoms with van der Waals surface area (Å²) in [6.07, 6.45) is 1.24. The Bertz CT molecular complexity index is 459. The van der Waals surface area contributed by atoms with Gasteiger partial charge in [0, 0.05) is 13.6 Å². The van der Waals surface area contributed by atoms with Crippen LogP contribution < -0.4 is 5.73 Å². The molecule has 0 unspecified atom stereocenters. The Morgan fingerprint density at radius 2 is 1.84 bits per heavy atom. The summed E-state index contributed by atoms with van der Waals surface area (Å²) in [4.78, 5) is 14.0. The number of nitrogens with zero attached hydrogens (tertiary/aromatic N) is 1. The van der Waals surface area contributed by atoms with Crippen molar-refractivity contribution >= 4 is 29.1 Å². The van der Waals surface area contributed by atoms with Crippen molar-refractivity contribution in [1.29, 1.82) is 0 Å². The van der Waals surface area contributed by atoms with E-state index in [1.54, 1.807) is 24.1 Å². The molecule has 0 saturated carbocycles. The summed E-state index contributed by atoms with van der Waals surface area (Å²) in [7, 11) is 1.75. The minimum atomic E-state index is -0.787. The molecule has 0 spiro atoms. The van der Waals surface area contributed by atoms with Crippen LogP contribution in [-0.4, -0.2) is 23.4 Å². The number of hydrogen-bond donors (Lipinski definition) is 1. The van der Waals surface area contributed by atoms with Crippen LogP contribution >= 0.6 is 23.2 Å². The zero-order valence-corrected chi connectivity index (χ0v) is 13.1. The van der Waals surface area contributed by atoms with Crippen molar-refractivity contribution in [1.82, 2.24) is 4.90 Å². The number of rotatable bonds is 5. The molecule has 0 fully saturated rings. The Morgan fingerprint density at radius 3 is 2.32 bits per heavy atom. The van der Waals surface area contributed by atoms with Gasteiger partial charge in [-0.25, -0.2) is 0 Å². The fourth-order valence-corrected chi connectivity index (χ4v) is 2.24. The molecule has 5 heteroatoms. The molecule has 0 aliphatic rings. The van der Waals surface area contributed by atoms with Gasteiger partial charge in [0.05, 0.1) is 15.6 Å². The molecule has 19 heavy (non-hydrogen) atoms. The molecule has 1 rings (SSSR count). The molecule has 0 saturated heterocycles. The van der Waals surface area contributed by atoms with Gasteiger partial charge in [-0.1, -0.05) is 43.1 Å². The lowest BCUT2D eigenvalue weighted by molar-refractivity contribution is -0.136. The molecule has 0 atom stereocenters. The first-order valence-electron chi connectivity index (χ1n) is 6.32. The Labute approximate surface area is 124 Å². The number of hydrogen-bond acceptors (Lipinski definition) is 2. The van der Waals surface area contributed by atoms with E-state index in [1.165, 1.54) is 0 Å². The second-order valence-corrected chi connectivity index (χ2v) is 5.59. The predicted molar refractivity (Wildman–Crippen MR) is 80.4 cm³/mol. The maximum absolute atomic E-state index is 12.3. The number of halogens is 2. The van der Waals surface area contributed by atoms with Gasteiger partial charge in [0.1, 0.15) is 0 Å². The summed E-state index contributed by atoms with van der Waals surface area (Å²) in [5.74, 6) is -0.0522. The predicted octanol–water partition coefficient (Wildman–Crippen LogP) is 3.47. The van der Waals surface area contributed by atoms with Crippen LogP contribution in [0.3, 0.4) is 0 Å². The molecule has 1 amide bonds. The lowest BCUT2D eigenvalue weighted by atomic mass is 9.92. The zero-order valence-electron chi connectivity index (χ0n) is 11.5. The van der Waals surface area contributed by atoms with Crippen molar-refractivity contribution in [2.75, 3.05) is 7.05 Å². The fraction of sp³-hybridized carbons (Fsp3) is 0.500. The van der Waals surface area contributed by atoms with Gasteiger partial charge in [0.2, 0.25) is 5.91 Å². The van der Waals surface area contributed by atoms with Crippen LogP contribution in [0.25, 0.3) is 0 Å². The third kappa shape index (κ3) is 3.85. The maximum atomic E-state index is 12.3. The van der Waals surface area contributed by atoms with E-state index >= 15 is 0 Å². The molecule has 106 valence electrons. The van der Waals surface area contributed by atoms with E-state index in [0.717, 1.165) is 5.56 Å². The molecule has 0 aliphatic carbocycles. The monoisotopic (exact) mass is 302 g/mol. The molecular weight excluding hydrogens is 283 g/mol. The Hall–Kier alpha value is -0.770. The molecule has 0 aromatic heterocycles. The van der Waals surface area contributed by atoms with E-state index in [-0.39, 0.29) is 5.91 Å². The molecule has 2 N–H and O–H groups in total. The van der Waals surface area contributed by atoms with Crippen molar-refractivity contribution in [3.8, 4) is 0 Å². The largest absolute Gasteiger partial charge is 0.340 e. The number of benzene rings is 1. The molecule has 0 heterocycles. The fourth-order valence-electron chi connectivity index (χ4n) is 1.92. The second kappa shape index (κ2) is 6.60. The van der Waals surface area contributed by atoms with Crippen molar-refractivity contribution in [3.63, 3.8) is 0 Å². The normalized spacial score (nSPS) is 11.5. The van der Waals surface area contributed by atoms with Crippen LogP contribution in [0, 0.1) is 0 Å². The molecule has 0 radical (unpaired) electrons. The minimum absolute atomic E-state index is 0.0522. The van der Waals surface area contributed by atoms with Gasteiger partial charge >= 0.3 is 0 Å². The van der Waals surface area contributed by atoms with E-state index in [2.05, 4.69) is 0 Å². The van der Waals surface area contributed by atoms with Crippen molar-refractivity contribution < 1.29 is 4.79 Å². The molecule has 0 bridgehead atoms. The van der Waals surface area contributed by atoms with Crippen LogP contribution in [0.5, 0.6) is 0 Å². The average molecular weight is 303 g/mol. The summed E-state index contributed by atoms with van der Waals surface area (Å²) in [6, 6.07) is 5.35. The Balaban J connectivity index is 2.81. The van der Waals surface area contributed by atoms with E-state index in [1.807, 2.05) is 19.9 Å². The van der Waals surface area contributed by atoms with Gasteiger partial charge < -0.3 is 10.6 Å². The number of nitrogens with two attached hydrogens (primary N) is 1. The van der Waals surface area contributed by atoms with E-state index in [4.69, 9.17) is 28.9 Å². The number of carbonyl (C=O) groups excluding carboxylic acids is 1. The van der Waals surface area contributed by atoms with Gasteiger partial charge in [0.15, 0.2) is 0 Å². The summed E-state index contributed by atoms with van der Waals surface area (Å²) in [5, 5.41) is 1.000. The van der Waals surface area contributed by atoms with Crippen LogP contribution in [0.2, 0.25) is 10.0 Å². The summed E-state index contributed by atoms with van der Waals surface area (Å²) in [6.45, 7) is 4.32. The Kier molecular flexibility index (Phi) is 5.65. The van der Waals surface area contributed by atoms with Crippen LogP contribution in [0.15, 0.2) is 18.2 Å². The molecular formula is C14H20Cl2N2O. The average Bonchev–Trinajstić information content (AvgIpc) is 2.41. The van der Waals surface area contributed by atoms with Crippen molar-refractivity contribution in [2.45, 2.75) is 38.8 Å². The van der Waals surface area contributed by atoms with Gasteiger partial charge in [0.25, 0.3) is 0 Å². The molecule has 0 aliphatic heterocycles. The zero-order chi connectivity index (χ0) is 14.6. The molecule has 1 aromatic rings. The standard InChI is InChI=1S/C14H20Cl2N2O/c1-4-14(17,5-2)13(19)18(3)9-10-6-7-11(15)12(16)8-10/h6-8H,4-5,9,17H2,1-3H3. The van der Waals surface area contributed by atoms with E-state index in [0.29, 0.717) is 29.4 Å². The molecule has 1 aromatic carbocycles. The maximum Gasteiger partial charge on any atom is 0.242 e. The molecule has 3 nitrogen and oxygen atoms in total. The van der Waals surface area contributed by atoms with Gasteiger partial charge in [-0.15, -0.1) is 0 Å². The number of likely N-dealkylation sites (N-methyl/N-ethyl adjacent to an activating group) is 1. The summed E-state index contributed by atoms with van der Waals surface area (Å²) in [5.41, 5.74) is 6.25. The topological polar surface area (TPSA) is 46.3 Å². The highest BCUT2D eigenvalue weighted by atomic mass is 35.5. The highest BCUT2D eigenvalue weighted by Gasteiger charge is 2.32. The van der Waals surface area contributed by atoms with Crippen LogP contribution in [0.4, 0.5) is 0 Å². The number of amides is 1. The number of carbonyl (C=O) groups is 1. The first kappa shape index (κ1) is 16.3. The lowest BCUT2D eigenvalue weighted by Gasteiger charge is -2.30. The summed E-state index contributed by atoms with van der Waals surface area (Å²) < 4.78 is 0. The van der Waals surface area contributed by atoms with E-state index < -0.39 is 5.54 Å². The highest BCUT2D eigenvalue weighted by molar-refractivity contribution is 6.42. The van der Waals surface area contributed by atoms with E-state index in [9.17, 15) is 4.79 Å². The third-order valence-electron chi connectivity index (χ3n) is 3.44. The van der Waals surface area contributed by atoms with Crippen molar-refractivity contribution in [2.24, 2.45) is 5.73 Å². The summed E-state index contributed by atoms with van der Waals surface area (Å²) >= 11 is 11.8. The third-order valence-corrected chi connectivity index (χ3v) is 4.18.